The van der Waals surface area contributed by atoms with E-state index in [1.807, 2.05) is 30.3 Å². The maximum atomic E-state index is 13.4. The van der Waals surface area contributed by atoms with Crippen LogP contribution in [0.3, 0.4) is 0 Å². The predicted molar refractivity (Wildman–Crippen MR) is 130 cm³/mol. The SMILES string of the molecule is COc1cc(/C=C2\S/C(=N\c3ccccc3)N(c3ccc(CO)cc3)C2=O)cc(CO)c1O. The van der Waals surface area contributed by atoms with E-state index in [4.69, 9.17) is 4.74 Å². The minimum atomic E-state index is -0.371. The fourth-order valence-corrected chi connectivity index (χ4v) is 4.34. The second-order valence-electron chi connectivity index (χ2n) is 7.19. The summed E-state index contributed by atoms with van der Waals surface area (Å²) in [5, 5.41) is 29.5. The van der Waals surface area contributed by atoms with Gasteiger partial charge in [0.15, 0.2) is 16.7 Å². The lowest BCUT2D eigenvalue weighted by molar-refractivity contribution is -0.113. The predicted octanol–water partition coefficient (Wildman–Crippen LogP) is 4.19. The zero-order valence-electron chi connectivity index (χ0n) is 17.8. The summed E-state index contributed by atoms with van der Waals surface area (Å²) >= 11 is 1.22. The average Bonchev–Trinajstić information content (AvgIpc) is 3.14. The van der Waals surface area contributed by atoms with Crippen LogP contribution in [0.1, 0.15) is 16.7 Å². The lowest BCUT2D eigenvalue weighted by atomic mass is 10.1. The summed E-state index contributed by atoms with van der Waals surface area (Å²) in [5.41, 5.74) is 2.97. The fourth-order valence-electron chi connectivity index (χ4n) is 3.34. The van der Waals surface area contributed by atoms with Gasteiger partial charge in [-0.3, -0.25) is 9.69 Å². The van der Waals surface area contributed by atoms with Gasteiger partial charge in [0, 0.05) is 5.56 Å². The van der Waals surface area contributed by atoms with E-state index < -0.39 is 0 Å². The molecule has 1 fully saturated rings. The van der Waals surface area contributed by atoms with Crippen molar-refractivity contribution < 1.29 is 24.9 Å². The second-order valence-corrected chi connectivity index (χ2v) is 8.20. The number of aliphatic hydroxyl groups is 2. The summed E-state index contributed by atoms with van der Waals surface area (Å²) in [6.07, 6.45) is 1.68. The first-order valence-electron chi connectivity index (χ1n) is 10.1. The summed E-state index contributed by atoms with van der Waals surface area (Å²) in [6.45, 7) is -0.459. The number of carbonyl (C=O) groups excluding carboxylic acids is 1. The fraction of sp³-hybridized carbons (Fsp3) is 0.120. The van der Waals surface area contributed by atoms with Crippen LogP contribution in [-0.2, 0) is 18.0 Å². The van der Waals surface area contributed by atoms with E-state index in [1.54, 1.807) is 42.5 Å². The Kier molecular flexibility index (Phi) is 6.79. The number of amidine groups is 1. The molecule has 8 heteroatoms. The molecule has 0 spiro atoms. The van der Waals surface area contributed by atoms with E-state index in [9.17, 15) is 20.1 Å². The van der Waals surface area contributed by atoms with Crippen LogP contribution < -0.4 is 9.64 Å². The first kappa shape index (κ1) is 22.6. The van der Waals surface area contributed by atoms with Crippen LogP contribution in [0.5, 0.6) is 11.5 Å². The molecule has 0 aliphatic carbocycles. The molecule has 7 nitrogen and oxygen atoms in total. The Morgan fingerprint density at radius 3 is 2.39 bits per heavy atom. The Morgan fingerprint density at radius 2 is 1.76 bits per heavy atom. The van der Waals surface area contributed by atoms with Crippen LogP contribution in [0.15, 0.2) is 76.6 Å². The molecule has 4 rings (SSSR count). The average molecular weight is 463 g/mol. The highest BCUT2D eigenvalue weighted by Crippen LogP contribution is 2.39. The van der Waals surface area contributed by atoms with Crippen molar-refractivity contribution in [3.05, 3.63) is 88.3 Å². The minimum absolute atomic E-state index is 0.0883. The number of amides is 1. The molecule has 0 radical (unpaired) electrons. The molecule has 1 saturated heterocycles. The third-order valence-electron chi connectivity index (χ3n) is 5.03. The lowest BCUT2D eigenvalue weighted by Crippen LogP contribution is -2.28. The lowest BCUT2D eigenvalue weighted by Gasteiger charge is -2.16. The number of nitrogens with zero attached hydrogens (tertiary/aromatic N) is 2. The Bertz CT molecular complexity index is 1200. The maximum Gasteiger partial charge on any atom is 0.271 e. The van der Waals surface area contributed by atoms with Crippen LogP contribution in [0.2, 0.25) is 0 Å². The van der Waals surface area contributed by atoms with Gasteiger partial charge in [0.25, 0.3) is 5.91 Å². The first-order valence-corrected chi connectivity index (χ1v) is 10.9. The number of aliphatic hydroxyl groups excluding tert-OH is 2. The summed E-state index contributed by atoms with van der Waals surface area (Å²) in [7, 11) is 1.42. The van der Waals surface area contributed by atoms with Gasteiger partial charge in [-0.25, -0.2) is 4.99 Å². The molecule has 0 aromatic heterocycles. The number of phenols is 1. The van der Waals surface area contributed by atoms with Crippen molar-refractivity contribution >= 4 is 40.3 Å². The van der Waals surface area contributed by atoms with Crippen molar-refractivity contribution in [2.45, 2.75) is 13.2 Å². The molecule has 1 aliphatic heterocycles. The Hall–Kier alpha value is -3.59. The third-order valence-corrected chi connectivity index (χ3v) is 6.00. The van der Waals surface area contributed by atoms with Crippen molar-refractivity contribution in [1.82, 2.24) is 0 Å². The van der Waals surface area contributed by atoms with Crippen LogP contribution in [0.25, 0.3) is 6.08 Å². The molecular formula is C25H22N2O5S. The molecule has 1 aliphatic rings. The van der Waals surface area contributed by atoms with Gasteiger partial charge >= 0.3 is 0 Å². The van der Waals surface area contributed by atoms with Crippen molar-refractivity contribution in [3.8, 4) is 11.5 Å². The zero-order chi connectivity index (χ0) is 23.4. The number of thioether (sulfide) groups is 1. The number of para-hydroxylation sites is 1. The smallest absolute Gasteiger partial charge is 0.271 e. The molecule has 3 aromatic carbocycles. The number of methoxy groups -OCH3 is 1. The number of anilines is 1. The highest BCUT2D eigenvalue weighted by Gasteiger charge is 2.35. The van der Waals surface area contributed by atoms with Crippen molar-refractivity contribution in [2.75, 3.05) is 12.0 Å². The molecule has 1 amide bonds. The number of hydrogen-bond donors (Lipinski definition) is 3. The van der Waals surface area contributed by atoms with Crippen LogP contribution >= 0.6 is 11.8 Å². The number of hydrogen-bond acceptors (Lipinski definition) is 7. The number of rotatable bonds is 6. The topological polar surface area (TPSA) is 103 Å². The summed E-state index contributed by atoms with van der Waals surface area (Å²) in [4.78, 5) is 20.0. The minimum Gasteiger partial charge on any atom is -0.504 e. The molecule has 33 heavy (non-hydrogen) atoms. The number of benzene rings is 3. The Labute approximate surface area is 195 Å². The normalized spacial score (nSPS) is 16.1. The molecule has 168 valence electrons. The highest BCUT2D eigenvalue weighted by molar-refractivity contribution is 8.19. The van der Waals surface area contributed by atoms with Crippen LogP contribution in [0, 0.1) is 0 Å². The van der Waals surface area contributed by atoms with Gasteiger partial charge < -0.3 is 20.1 Å². The molecular weight excluding hydrogens is 440 g/mol. The van der Waals surface area contributed by atoms with Crippen molar-refractivity contribution in [3.63, 3.8) is 0 Å². The van der Waals surface area contributed by atoms with E-state index in [1.165, 1.54) is 23.8 Å². The third kappa shape index (κ3) is 4.78. The first-order chi connectivity index (χ1) is 16.0. The number of aliphatic imine (C=N–C) groups is 1. The summed E-state index contributed by atoms with van der Waals surface area (Å²) < 4.78 is 5.20. The van der Waals surface area contributed by atoms with Crippen molar-refractivity contribution in [2.24, 2.45) is 4.99 Å². The van der Waals surface area contributed by atoms with E-state index in [2.05, 4.69) is 4.99 Å². The van der Waals surface area contributed by atoms with Crippen molar-refractivity contribution in [1.29, 1.82) is 0 Å². The quantitative estimate of drug-likeness (QED) is 0.475. The molecule has 1 heterocycles. The maximum absolute atomic E-state index is 13.4. The molecule has 3 aromatic rings. The van der Waals surface area contributed by atoms with Gasteiger partial charge in [-0.2, -0.15) is 0 Å². The molecule has 3 N–H and O–H groups in total. The molecule has 0 atom stereocenters. The van der Waals surface area contributed by atoms with Gasteiger partial charge in [0.1, 0.15) is 0 Å². The van der Waals surface area contributed by atoms with E-state index in [0.717, 1.165) is 5.56 Å². The van der Waals surface area contributed by atoms with Gasteiger partial charge in [-0.05, 0) is 65.4 Å². The highest BCUT2D eigenvalue weighted by atomic mass is 32.2. The Balaban J connectivity index is 1.78. The standard InChI is InChI=1S/C25H22N2O5S/c1-32-21-12-17(11-18(15-29)23(21)30)13-22-24(31)27(20-9-7-16(14-28)8-10-20)25(33-22)26-19-5-3-2-4-6-19/h2-13,28-30H,14-15H2,1H3/b22-13-,26-25-. The van der Waals surface area contributed by atoms with Gasteiger partial charge in [0.05, 0.1) is 36.6 Å². The number of aromatic hydroxyl groups is 1. The Morgan fingerprint density at radius 1 is 1.03 bits per heavy atom. The number of carbonyl (C=O) groups is 1. The van der Waals surface area contributed by atoms with Crippen LogP contribution in [0.4, 0.5) is 11.4 Å². The van der Waals surface area contributed by atoms with E-state index in [-0.39, 0.29) is 30.6 Å². The monoisotopic (exact) mass is 462 g/mol. The summed E-state index contributed by atoms with van der Waals surface area (Å²) in [5.74, 6) is -0.188. The van der Waals surface area contributed by atoms with E-state index >= 15 is 0 Å². The summed E-state index contributed by atoms with van der Waals surface area (Å²) in [6, 6.07) is 19.6. The van der Waals surface area contributed by atoms with Gasteiger partial charge in [-0.15, -0.1) is 0 Å². The van der Waals surface area contributed by atoms with E-state index in [0.29, 0.717) is 32.6 Å². The molecule has 0 saturated carbocycles. The second kappa shape index (κ2) is 9.91. The zero-order valence-corrected chi connectivity index (χ0v) is 18.6. The van der Waals surface area contributed by atoms with Crippen LogP contribution in [-0.4, -0.2) is 33.5 Å². The van der Waals surface area contributed by atoms with Gasteiger partial charge in [0.2, 0.25) is 0 Å². The van der Waals surface area contributed by atoms with Gasteiger partial charge in [-0.1, -0.05) is 30.3 Å². The largest absolute Gasteiger partial charge is 0.504 e. The number of ether oxygens (including phenoxy) is 1. The molecule has 0 unspecified atom stereocenters. The molecule has 0 bridgehead atoms.